The molecule has 0 atom stereocenters. The molecule has 4 heteroatoms. The molecule has 20 heavy (non-hydrogen) atoms. The minimum absolute atomic E-state index is 0.216. The molecule has 3 aromatic rings. The molecule has 0 bridgehead atoms. The fourth-order valence-corrected chi connectivity index (χ4v) is 2.71. The minimum atomic E-state index is -0.216. The Labute approximate surface area is 129 Å². The van der Waals surface area contributed by atoms with E-state index < -0.39 is 0 Å². The van der Waals surface area contributed by atoms with Gasteiger partial charge in [-0.2, -0.15) is 0 Å². The molecule has 0 aliphatic carbocycles. The summed E-state index contributed by atoms with van der Waals surface area (Å²) in [5.41, 5.74) is 2.17. The molecular weight excluding hydrogens is 340 g/mol. The Hall–Kier alpha value is -1.58. The van der Waals surface area contributed by atoms with Crippen molar-refractivity contribution in [3.63, 3.8) is 0 Å². The van der Waals surface area contributed by atoms with E-state index in [2.05, 4.69) is 15.9 Å². The zero-order chi connectivity index (χ0) is 14.3. The molecule has 0 unspecified atom stereocenters. The third-order valence-corrected chi connectivity index (χ3v) is 4.46. The highest BCUT2D eigenvalue weighted by atomic mass is 79.9. The minimum Gasteiger partial charge on any atom is -0.452 e. The summed E-state index contributed by atoms with van der Waals surface area (Å²) in [6, 6.07) is 12.8. The van der Waals surface area contributed by atoms with Crippen LogP contribution in [0, 0.1) is 6.92 Å². The summed E-state index contributed by atoms with van der Waals surface area (Å²) in [4.78, 5) is 12.5. The number of aryl methyl sites for hydroxylation is 1. The van der Waals surface area contributed by atoms with Crippen LogP contribution in [-0.4, -0.2) is 5.78 Å². The van der Waals surface area contributed by atoms with Gasteiger partial charge in [0.05, 0.1) is 5.02 Å². The molecular formula is C16H10BrClO2. The van der Waals surface area contributed by atoms with Crippen molar-refractivity contribution in [2.45, 2.75) is 6.92 Å². The van der Waals surface area contributed by atoms with Gasteiger partial charge in [0.15, 0.2) is 5.76 Å². The van der Waals surface area contributed by atoms with Crippen molar-refractivity contribution in [3.8, 4) is 0 Å². The number of halogens is 2. The van der Waals surface area contributed by atoms with Crippen LogP contribution in [0.3, 0.4) is 0 Å². The number of furan rings is 1. The van der Waals surface area contributed by atoms with Gasteiger partial charge >= 0.3 is 0 Å². The molecule has 0 N–H and O–H groups in total. The number of hydrogen-bond acceptors (Lipinski definition) is 2. The predicted molar refractivity (Wildman–Crippen MR) is 83.5 cm³/mol. The highest BCUT2D eigenvalue weighted by Crippen LogP contribution is 2.30. The summed E-state index contributed by atoms with van der Waals surface area (Å²) in [5.74, 6) is 0.0844. The van der Waals surface area contributed by atoms with E-state index >= 15 is 0 Å². The van der Waals surface area contributed by atoms with Crippen molar-refractivity contribution in [1.29, 1.82) is 0 Å². The van der Waals surface area contributed by atoms with Gasteiger partial charge in [0.2, 0.25) is 5.78 Å². The molecule has 0 spiro atoms. The van der Waals surface area contributed by atoms with Crippen LogP contribution >= 0.6 is 27.5 Å². The number of rotatable bonds is 2. The lowest BCUT2D eigenvalue weighted by Gasteiger charge is -2.02. The van der Waals surface area contributed by atoms with E-state index in [4.69, 9.17) is 16.0 Å². The summed E-state index contributed by atoms with van der Waals surface area (Å²) in [7, 11) is 0. The van der Waals surface area contributed by atoms with E-state index in [1.54, 1.807) is 24.3 Å². The highest BCUT2D eigenvalue weighted by Gasteiger charge is 2.18. The van der Waals surface area contributed by atoms with Crippen LogP contribution in [0.15, 0.2) is 51.4 Å². The molecule has 2 nitrogen and oxygen atoms in total. The standard InChI is InChI=1S/C16H10BrClO2/c1-9-4-2-5-10-8-13(20-16(9)10)15(19)11-6-3-7-12(17)14(11)18/h2-8H,1H3. The topological polar surface area (TPSA) is 30.2 Å². The van der Waals surface area contributed by atoms with Gasteiger partial charge in [-0.3, -0.25) is 4.79 Å². The van der Waals surface area contributed by atoms with Crippen LogP contribution in [0.5, 0.6) is 0 Å². The molecule has 0 saturated heterocycles. The Morgan fingerprint density at radius 2 is 1.95 bits per heavy atom. The van der Waals surface area contributed by atoms with E-state index in [0.29, 0.717) is 20.8 Å². The Morgan fingerprint density at radius 3 is 2.70 bits per heavy atom. The predicted octanol–water partition coefficient (Wildman–Crippen LogP) is 5.39. The van der Waals surface area contributed by atoms with Gasteiger partial charge in [-0.1, -0.05) is 35.9 Å². The molecule has 0 amide bonds. The van der Waals surface area contributed by atoms with Crippen LogP contribution in [0.2, 0.25) is 5.02 Å². The zero-order valence-electron chi connectivity index (χ0n) is 10.6. The molecule has 2 aromatic carbocycles. The lowest BCUT2D eigenvalue weighted by atomic mass is 10.1. The summed E-state index contributed by atoms with van der Waals surface area (Å²) in [6.45, 7) is 1.95. The van der Waals surface area contributed by atoms with Crippen molar-refractivity contribution in [1.82, 2.24) is 0 Å². The van der Waals surface area contributed by atoms with Crippen molar-refractivity contribution in [2.75, 3.05) is 0 Å². The lowest BCUT2D eigenvalue weighted by Crippen LogP contribution is -2.00. The van der Waals surface area contributed by atoms with Crippen LogP contribution in [-0.2, 0) is 0 Å². The zero-order valence-corrected chi connectivity index (χ0v) is 13.0. The van der Waals surface area contributed by atoms with Crippen molar-refractivity contribution in [2.24, 2.45) is 0 Å². The second-order valence-electron chi connectivity index (χ2n) is 4.53. The van der Waals surface area contributed by atoms with E-state index in [-0.39, 0.29) is 5.78 Å². The Balaban J connectivity index is 2.13. The van der Waals surface area contributed by atoms with Gasteiger partial charge in [-0.15, -0.1) is 0 Å². The first-order chi connectivity index (χ1) is 9.58. The second-order valence-corrected chi connectivity index (χ2v) is 5.77. The average molecular weight is 350 g/mol. The molecule has 3 rings (SSSR count). The monoisotopic (exact) mass is 348 g/mol. The number of carbonyl (C=O) groups excluding carboxylic acids is 1. The van der Waals surface area contributed by atoms with Gasteiger partial charge in [0, 0.05) is 15.4 Å². The summed E-state index contributed by atoms with van der Waals surface area (Å²) in [6.07, 6.45) is 0. The van der Waals surface area contributed by atoms with Gasteiger partial charge in [-0.25, -0.2) is 0 Å². The fraction of sp³-hybridized carbons (Fsp3) is 0.0625. The number of ketones is 1. The van der Waals surface area contributed by atoms with Gasteiger partial charge in [0.25, 0.3) is 0 Å². The summed E-state index contributed by atoms with van der Waals surface area (Å²) < 4.78 is 6.38. The molecule has 1 heterocycles. The number of hydrogen-bond donors (Lipinski definition) is 0. The quantitative estimate of drug-likeness (QED) is 0.581. The number of benzene rings is 2. The normalized spacial score (nSPS) is 10.9. The van der Waals surface area contributed by atoms with Crippen LogP contribution in [0.1, 0.15) is 21.7 Å². The maximum atomic E-state index is 12.5. The van der Waals surface area contributed by atoms with Crippen molar-refractivity contribution in [3.05, 3.63) is 68.8 Å². The third kappa shape index (κ3) is 2.17. The van der Waals surface area contributed by atoms with Crippen LogP contribution in [0.25, 0.3) is 11.0 Å². The van der Waals surface area contributed by atoms with Crippen LogP contribution < -0.4 is 0 Å². The Bertz CT molecular complexity index is 820. The first-order valence-corrected chi connectivity index (χ1v) is 7.23. The first kappa shape index (κ1) is 13.4. The van der Waals surface area contributed by atoms with E-state index in [1.807, 2.05) is 25.1 Å². The van der Waals surface area contributed by atoms with Crippen molar-refractivity contribution >= 4 is 44.3 Å². The molecule has 100 valence electrons. The molecule has 0 radical (unpaired) electrons. The molecule has 0 aliphatic heterocycles. The maximum Gasteiger partial charge on any atom is 0.229 e. The van der Waals surface area contributed by atoms with E-state index in [9.17, 15) is 4.79 Å². The third-order valence-electron chi connectivity index (χ3n) is 3.16. The lowest BCUT2D eigenvalue weighted by molar-refractivity contribution is 0.101. The number of carbonyl (C=O) groups is 1. The fourth-order valence-electron chi connectivity index (χ4n) is 2.13. The molecule has 1 aromatic heterocycles. The number of fused-ring (bicyclic) bond motifs is 1. The van der Waals surface area contributed by atoms with E-state index in [1.165, 1.54) is 0 Å². The SMILES string of the molecule is Cc1cccc2cc(C(=O)c3cccc(Br)c3Cl)oc12. The average Bonchev–Trinajstić information content (AvgIpc) is 2.87. The van der Waals surface area contributed by atoms with Gasteiger partial charge < -0.3 is 4.42 Å². The molecule has 0 fully saturated rings. The van der Waals surface area contributed by atoms with Crippen LogP contribution in [0.4, 0.5) is 0 Å². The Kier molecular flexibility index (Phi) is 3.40. The second kappa shape index (κ2) is 5.08. The van der Waals surface area contributed by atoms with Gasteiger partial charge in [0.1, 0.15) is 5.58 Å². The summed E-state index contributed by atoms with van der Waals surface area (Å²) in [5, 5.41) is 1.31. The molecule has 0 aliphatic rings. The van der Waals surface area contributed by atoms with E-state index in [0.717, 1.165) is 16.5 Å². The first-order valence-electron chi connectivity index (χ1n) is 6.06. The number of para-hydroxylation sites is 1. The Morgan fingerprint density at radius 1 is 1.20 bits per heavy atom. The highest BCUT2D eigenvalue weighted by molar-refractivity contribution is 9.10. The summed E-state index contributed by atoms with van der Waals surface area (Å²) >= 11 is 9.48. The largest absolute Gasteiger partial charge is 0.452 e. The molecule has 0 saturated carbocycles. The smallest absolute Gasteiger partial charge is 0.229 e. The van der Waals surface area contributed by atoms with Crippen molar-refractivity contribution < 1.29 is 9.21 Å². The maximum absolute atomic E-state index is 12.5. The van der Waals surface area contributed by atoms with Gasteiger partial charge in [-0.05, 0) is 46.6 Å².